The molecule has 26 heavy (non-hydrogen) atoms. The summed E-state index contributed by atoms with van der Waals surface area (Å²) in [5, 5.41) is 0.153. The van der Waals surface area contributed by atoms with Gasteiger partial charge in [-0.15, -0.1) is 0 Å². The number of benzene rings is 1. The van der Waals surface area contributed by atoms with Crippen LogP contribution >= 0.6 is 36.4 Å². The van der Waals surface area contributed by atoms with Crippen LogP contribution in [0.25, 0.3) is 0 Å². The number of primary amides is 1. The number of alkyl halides is 1. The molecule has 1 aromatic carbocycles. The maximum atomic E-state index is 15.5. The van der Waals surface area contributed by atoms with Crippen molar-refractivity contribution in [3.8, 4) is 0 Å². The largest absolute Gasteiger partial charge is 0.467 e. The van der Waals surface area contributed by atoms with E-state index in [2.05, 4.69) is 23.3 Å². The zero-order valence-electron chi connectivity index (χ0n) is 14.3. The average Bonchev–Trinajstić information content (AvgIpc) is 3.05. The van der Waals surface area contributed by atoms with E-state index in [0.29, 0.717) is 10.6 Å². The molecule has 0 bridgehead atoms. The zero-order chi connectivity index (χ0) is 19.7. The van der Waals surface area contributed by atoms with Crippen molar-refractivity contribution in [3.63, 3.8) is 0 Å². The molecule has 1 aromatic heterocycles. The maximum absolute atomic E-state index is 15.5. The Labute approximate surface area is 167 Å². The first-order valence-corrected chi connectivity index (χ1v) is 8.60. The molecule has 1 unspecified atom stereocenters. The Kier molecular flexibility index (Phi) is 8.83. The van der Waals surface area contributed by atoms with Gasteiger partial charge in [-0.1, -0.05) is 36.4 Å². The summed E-state index contributed by atoms with van der Waals surface area (Å²) in [6, 6.07) is 6.62. The number of nitrogens with zero attached hydrogens (tertiary/aromatic N) is 3. The fraction of sp³-hybridized carbons (Fsp3) is 0.312. The molecule has 0 aliphatic heterocycles. The lowest BCUT2D eigenvalue weighted by Crippen LogP contribution is -2.35. The van der Waals surface area contributed by atoms with Crippen LogP contribution in [0.3, 0.4) is 0 Å². The van der Waals surface area contributed by atoms with Crippen LogP contribution < -0.4 is 5.73 Å². The molecule has 142 valence electrons. The number of rotatable bonds is 5. The predicted molar refractivity (Wildman–Crippen MR) is 107 cm³/mol. The summed E-state index contributed by atoms with van der Waals surface area (Å²) < 4.78 is 22.6. The zero-order valence-corrected chi connectivity index (χ0v) is 16.8. The molecule has 1 heterocycles. The molecule has 0 radical (unpaired) electrons. The van der Waals surface area contributed by atoms with E-state index >= 15 is 4.39 Å². The topological polar surface area (TPSA) is 73.4 Å². The van der Waals surface area contributed by atoms with Gasteiger partial charge in [0, 0.05) is 31.5 Å². The van der Waals surface area contributed by atoms with Gasteiger partial charge in [0.15, 0.2) is 5.67 Å². The molecule has 6 nitrogen and oxygen atoms in total. The highest BCUT2D eigenvalue weighted by atomic mass is 35.5. The second kappa shape index (κ2) is 10.3. The fourth-order valence-corrected chi connectivity index (χ4v) is 2.13. The molecule has 0 saturated carbocycles. The van der Waals surface area contributed by atoms with E-state index in [4.69, 9.17) is 33.4 Å². The number of carbonyl (C=O) groups excluding carboxylic acids is 1. The van der Waals surface area contributed by atoms with Gasteiger partial charge in [-0.05, 0) is 29.9 Å². The molecular weight excluding hydrogens is 399 g/mol. The minimum Gasteiger partial charge on any atom is -0.467 e. The van der Waals surface area contributed by atoms with Crippen molar-refractivity contribution in [3.05, 3.63) is 53.6 Å². The van der Waals surface area contributed by atoms with Crippen LogP contribution in [0.1, 0.15) is 5.56 Å². The molecule has 2 aromatic rings. The van der Waals surface area contributed by atoms with Crippen LogP contribution in [0.15, 0.2) is 43.0 Å². The second-order valence-electron chi connectivity index (χ2n) is 5.49. The summed E-state index contributed by atoms with van der Waals surface area (Å²) >= 11 is 14.0. The lowest BCUT2D eigenvalue weighted by atomic mass is 9.96. The van der Waals surface area contributed by atoms with Crippen molar-refractivity contribution in [1.29, 1.82) is 0 Å². The van der Waals surface area contributed by atoms with Crippen molar-refractivity contribution in [2.24, 2.45) is 5.73 Å². The summed E-state index contributed by atoms with van der Waals surface area (Å²) in [7, 11) is 3.50. The molecule has 0 fully saturated rings. The molecule has 0 aliphatic rings. The third kappa shape index (κ3) is 7.59. The lowest BCUT2D eigenvalue weighted by molar-refractivity contribution is 0.0533. The third-order valence-corrected chi connectivity index (χ3v) is 3.88. The van der Waals surface area contributed by atoms with Crippen LogP contribution in [-0.2, 0) is 17.0 Å². The SMILES string of the molecule is CN(C)C(=S)OCC(F)(Cn1ccnc1)c1ccc(Cl)cc1.NC(=O)S. The van der Waals surface area contributed by atoms with E-state index in [0.717, 1.165) is 0 Å². The maximum Gasteiger partial charge on any atom is 0.273 e. The summed E-state index contributed by atoms with van der Waals surface area (Å²) in [4.78, 5) is 14.6. The van der Waals surface area contributed by atoms with Crippen LogP contribution in [0.2, 0.25) is 5.02 Å². The number of hydrogen-bond donors (Lipinski definition) is 2. The van der Waals surface area contributed by atoms with Gasteiger partial charge in [0.1, 0.15) is 6.61 Å². The van der Waals surface area contributed by atoms with Crippen molar-refractivity contribution in [2.75, 3.05) is 20.7 Å². The third-order valence-electron chi connectivity index (χ3n) is 3.14. The van der Waals surface area contributed by atoms with Crippen molar-refractivity contribution >= 4 is 46.9 Å². The van der Waals surface area contributed by atoms with Gasteiger partial charge in [-0.3, -0.25) is 4.79 Å². The minimum absolute atomic E-state index is 0.0741. The Morgan fingerprint density at radius 1 is 1.46 bits per heavy atom. The van der Waals surface area contributed by atoms with E-state index in [9.17, 15) is 0 Å². The first-order chi connectivity index (χ1) is 12.1. The highest BCUT2D eigenvalue weighted by Crippen LogP contribution is 2.30. The molecular formula is C16H20ClFN4O2S2. The van der Waals surface area contributed by atoms with Crippen LogP contribution in [0.5, 0.6) is 0 Å². The number of carbonyl (C=O) groups is 1. The molecule has 0 saturated heterocycles. The van der Waals surface area contributed by atoms with Crippen LogP contribution in [0.4, 0.5) is 9.18 Å². The number of halogens is 2. The second-order valence-corrected chi connectivity index (χ2v) is 6.72. The number of thiol groups is 1. The average molecular weight is 419 g/mol. The predicted octanol–water partition coefficient (Wildman–Crippen LogP) is 3.26. The number of ether oxygens (including phenoxy) is 1. The van der Waals surface area contributed by atoms with Crippen molar-refractivity contribution < 1.29 is 13.9 Å². The Bertz CT molecular complexity index is 710. The Balaban J connectivity index is 0.000000765. The van der Waals surface area contributed by atoms with Crippen LogP contribution in [0, 0.1) is 0 Å². The molecule has 2 N–H and O–H groups in total. The molecule has 1 amide bonds. The van der Waals surface area contributed by atoms with E-state index in [1.54, 1.807) is 66.5 Å². The van der Waals surface area contributed by atoms with Gasteiger partial charge >= 0.3 is 0 Å². The molecule has 0 aliphatic carbocycles. The summed E-state index contributed by atoms with van der Waals surface area (Å²) in [6.45, 7) is -0.117. The minimum atomic E-state index is -1.74. The van der Waals surface area contributed by atoms with Gasteiger partial charge < -0.3 is 19.9 Å². The smallest absolute Gasteiger partial charge is 0.273 e. The summed E-state index contributed by atoms with van der Waals surface area (Å²) in [5.74, 6) is 0. The number of amides is 1. The summed E-state index contributed by atoms with van der Waals surface area (Å²) in [5.41, 5.74) is 3.07. The van der Waals surface area contributed by atoms with Gasteiger partial charge in [0.25, 0.3) is 10.4 Å². The highest BCUT2D eigenvalue weighted by molar-refractivity contribution is 7.96. The van der Waals surface area contributed by atoms with Crippen LogP contribution in [-0.4, -0.2) is 45.6 Å². The standard InChI is InChI=1S/C15H17ClFN3OS.CH3NOS/c1-19(2)14(22)21-10-15(17,9-20-8-7-18-11-20)12-3-5-13(16)6-4-12;2-1(3)4/h3-8,11H,9-10H2,1-2H3;(H3,2,3,4). The number of aromatic nitrogens is 2. The van der Waals surface area contributed by atoms with Crippen molar-refractivity contribution in [2.45, 2.75) is 12.2 Å². The first kappa shape index (κ1) is 22.2. The molecule has 2 rings (SSSR count). The van der Waals surface area contributed by atoms with E-state index in [1.807, 2.05) is 0 Å². The van der Waals surface area contributed by atoms with E-state index < -0.39 is 10.9 Å². The summed E-state index contributed by atoms with van der Waals surface area (Å²) in [6.07, 6.45) is 4.87. The van der Waals surface area contributed by atoms with Gasteiger partial charge in [0.05, 0.1) is 12.9 Å². The Hall–Kier alpha value is -1.84. The molecule has 10 heteroatoms. The fourth-order valence-electron chi connectivity index (χ4n) is 1.94. The van der Waals surface area contributed by atoms with E-state index in [-0.39, 0.29) is 18.3 Å². The normalized spacial score (nSPS) is 12.3. The molecule has 0 spiro atoms. The number of imidazole rings is 1. The lowest BCUT2D eigenvalue weighted by Gasteiger charge is -2.27. The Morgan fingerprint density at radius 3 is 2.50 bits per heavy atom. The van der Waals surface area contributed by atoms with Crippen molar-refractivity contribution in [1.82, 2.24) is 14.5 Å². The van der Waals surface area contributed by atoms with Gasteiger partial charge in [-0.2, -0.15) is 0 Å². The van der Waals surface area contributed by atoms with Gasteiger partial charge in [0.2, 0.25) is 0 Å². The first-order valence-electron chi connectivity index (χ1n) is 7.37. The van der Waals surface area contributed by atoms with Gasteiger partial charge in [-0.25, -0.2) is 9.37 Å². The molecule has 1 atom stereocenters. The number of thiocarbonyl (C=S) groups is 1. The number of nitrogens with two attached hydrogens (primary N) is 1. The number of hydrogen-bond acceptors (Lipinski definition) is 4. The Morgan fingerprint density at radius 2 is 2.04 bits per heavy atom. The van der Waals surface area contributed by atoms with E-state index in [1.165, 1.54) is 0 Å². The highest BCUT2D eigenvalue weighted by Gasteiger charge is 2.34. The quantitative estimate of drug-likeness (QED) is 0.576. The monoisotopic (exact) mass is 418 g/mol.